The van der Waals surface area contributed by atoms with Crippen LogP contribution in [0.5, 0.6) is 0 Å². The number of carbonyl (C=O) groups is 1. The van der Waals surface area contributed by atoms with Gasteiger partial charge in [0, 0.05) is 6.54 Å². The maximum atomic E-state index is 10.5. The second-order valence-electron chi connectivity index (χ2n) is 3.21. The number of hydrogen-bond acceptors (Lipinski definition) is 5. The highest BCUT2D eigenvalue weighted by Crippen LogP contribution is 2.26. The number of thioether (sulfide) groups is 1. The first-order valence-corrected chi connectivity index (χ1v) is 6.90. The smallest absolute Gasteiger partial charge is 0.313 e. The highest BCUT2D eigenvalue weighted by molar-refractivity contribution is 7.99. The summed E-state index contributed by atoms with van der Waals surface area (Å²) in [6.45, 7) is 2.72. The Morgan fingerprint density at radius 1 is 1.59 bits per heavy atom. The van der Waals surface area contributed by atoms with Crippen molar-refractivity contribution in [1.29, 1.82) is 0 Å². The normalized spacial score (nSPS) is 10.6. The van der Waals surface area contributed by atoms with Crippen LogP contribution in [0, 0.1) is 0 Å². The first-order chi connectivity index (χ1) is 8.22. The van der Waals surface area contributed by atoms with E-state index in [1.165, 1.54) is 11.8 Å². The zero-order chi connectivity index (χ0) is 12.3. The molecule has 0 atom stereocenters. The van der Waals surface area contributed by atoms with Crippen molar-refractivity contribution in [3.05, 3.63) is 17.5 Å². The number of thiophene rings is 1. The zero-order valence-electron chi connectivity index (χ0n) is 9.16. The van der Waals surface area contributed by atoms with Crippen LogP contribution in [0.4, 0.5) is 0 Å². The molecule has 7 heteroatoms. The Labute approximate surface area is 106 Å². The molecular formula is C10H11N3O2S2. The molecule has 0 bridgehead atoms. The standard InChI is InChI=1S/C10H11N3O2S2/c1-2-13-9(7-4-3-5-16-7)11-12-10(13)17-6-8(14)15/h3-5H,2,6H2,1H3,(H,14,15). The number of hydrogen-bond donors (Lipinski definition) is 1. The fourth-order valence-electron chi connectivity index (χ4n) is 1.39. The lowest BCUT2D eigenvalue weighted by Gasteiger charge is -2.04. The van der Waals surface area contributed by atoms with Crippen LogP contribution in [0.3, 0.4) is 0 Å². The van der Waals surface area contributed by atoms with Crippen LogP contribution < -0.4 is 0 Å². The third kappa shape index (κ3) is 2.67. The van der Waals surface area contributed by atoms with Crippen molar-refractivity contribution in [2.75, 3.05) is 5.75 Å². The Kier molecular flexibility index (Phi) is 3.80. The fraction of sp³-hybridized carbons (Fsp3) is 0.300. The quantitative estimate of drug-likeness (QED) is 0.843. The highest BCUT2D eigenvalue weighted by atomic mass is 32.2. The SMILES string of the molecule is CCn1c(SCC(=O)O)nnc1-c1cccs1. The van der Waals surface area contributed by atoms with E-state index in [-0.39, 0.29) is 5.75 Å². The molecular weight excluding hydrogens is 258 g/mol. The van der Waals surface area contributed by atoms with Gasteiger partial charge in [0.15, 0.2) is 11.0 Å². The predicted octanol–water partition coefficient (Wildman–Crippen LogP) is 2.20. The van der Waals surface area contributed by atoms with Crippen LogP contribution in [-0.4, -0.2) is 31.6 Å². The number of aliphatic carboxylic acids is 1. The minimum atomic E-state index is -0.849. The summed E-state index contributed by atoms with van der Waals surface area (Å²) in [6.07, 6.45) is 0. The van der Waals surface area contributed by atoms with Crippen molar-refractivity contribution in [3.8, 4) is 10.7 Å². The Hall–Kier alpha value is -1.34. The minimum Gasteiger partial charge on any atom is -0.481 e. The molecule has 90 valence electrons. The highest BCUT2D eigenvalue weighted by Gasteiger charge is 2.14. The monoisotopic (exact) mass is 269 g/mol. The summed E-state index contributed by atoms with van der Waals surface area (Å²) < 4.78 is 1.93. The number of carboxylic acids is 1. The predicted molar refractivity (Wildman–Crippen MR) is 67.4 cm³/mol. The molecule has 5 nitrogen and oxygen atoms in total. The van der Waals surface area contributed by atoms with Gasteiger partial charge in [-0.1, -0.05) is 17.8 Å². The Morgan fingerprint density at radius 2 is 2.41 bits per heavy atom. The summed E-state index contributed by atoms with van der Waals surface area (Å²) in [5.41, 5.74) is 0. The van der Waals surface area contributed by atoms with Crippen molar-refractivity contribution < 1.29 is 9.90 Å². The third-order valence-corrected chi connectivity index (χ3v) is 3.92. The first-order valence-electron chi connectivity index (χ1n) is 5.04. The van der Waals surface area contributed by atoms with Crippen molar-refractivity contribution >= 4 is 29.1 Å². The van der Waals surface area contributed by atoms with Crippen molar-refractivity contribution in [2.24, 2.45) is 0 Å². The van der Waals surface area contributed by atoms with Gasteiger partial charge in [-0.25, -0.2) is 0 Å². The van der Waals surface area contributed by atoms with Gasteiger partial charge in [0.1, 0.15) is 0 Å². The lowest BCUT2D eigenvalue weighted by molar-refractivity contribution is -0.133. The molecule has 2 aromatic rings. The van der Waals surface area contributed by atoms with Crippen LogP contribution in [0.2, 0.25) is 0 Å². The summed E-state index contributed by atoms with van der Waals surface area (Å²) in [4.78, 5) is 11.6. The van der Waals surface area contributed by atoms with E-state index in [2.05, 4.69) is 10.2 Å². The van der Waals surface area contributed by atoms with Gasteiger partial charge in [-0.15, -0.1) is 21.5 Å². The van der Waals surface area contributed by atoms with E-state index in [9.17, 15) is 4.79 Å². The lowest BCUT2D eigenvalue weighted by atomic mass is 10.4. The lowest BCUT2D eigenvalue weighted by Crippen LogP contribution is -2.02. The van der Waals surface area contributed by atoms with Gasteiger partial charge in [-0.05, 0) is 18.4 Å². The fourth-order valence-corrected chi connectivity index (χ4v) is 2.83. The minimum absolute atomic E-state index is 0.00255. The molecule has 0 spiro atoms. The number of carboxylic acid groups (broad SMARTS) is 1. The summed E-state index contributed by atoms with van der Waals surface area (Å²) in [6, 6.07) is 3.94. The molecule has 2 aromatic heterocycles. The van der Waals surface area contributed by atoms with Gasteiger partial charge in [-0.2, -0.15) is 0 Å². The van der Waals surface area contributed by atoms with Gasteiger partial charge in [0.25, 0.3) is 0 Å². The molecule has 0 saturated carbocycles. The van der Waals surface area contributed by atoms with Gasteiger partial charge in [0.05, 0.1) is 10.6 Å². The maximum Gasteiger partial charge on any atom is 0.313 e. The first kappa shape index (κ1) is 12.1. The topological polar surface area (TPSA) is 68.0 Å². The average Bonchev–Trinajstić information content (AvgIpc) is 2.94. The van der Waals surface area contributed by atoms with E-state index in [1.54, 1.807) is 11.3 Å². The molecule has 0 saturated heterocycles. The van der Waals surface area contributed by atoms with E-state index >= 15 is 0 Å². The third-order valence-electron chi connectivity index (χ3n) is 2.10. The van der Waals surface area contributed by atoms with Crippen molar-refractivity contribution in [1.82, 2.24) is 14.8 Å². The van der Waals surface area contributed by atoms with E-state index in [1.807, 2.05) is 29.0 Å². The Bertz CT molecular complexity index is 508. The second kappa shape index (κ2) is 5.33. The molecule has 0 fully saturated rings. The molecule has 0 radical (unpaired) electrons. The molecule has 0 aliphatic rings. The molecule has 0 aliphatic carbocycles. The van der Waals surface area contributed by atoms with Crippen molar-refractivity contribution in [3.63, 3.8) is 0 Å². The molecule has 2 rings (SSSR count). The molecule has 2 heterocycles. The van der Waals surface area contributed by atoms with E-state index < -0.39 is 5.97 Å². The average molecular weight is 269 g/mol. The van der Waals surface area contributed by atoms with Crippen LogP contribution in [0.25, 0.3) is 10.7 Å². The van der Waals surface area contributed by atoms with Gasteiger partial charge in [0.2, 0.25) is 0 Å². The van der Waals surface area contributed by atoms with Gasteiger partial charge < -0.3 is 9.67 Å². The molecule has 0 aromatic carbocycles. The molecule has 0 aliphatic heterocycles. The summed E-state index contributed by atoms with van der Waals surface area (Å²) in [5, 5.41) is 19.4. The molecule has 0 amide bonds. The van der Waals surface area contributed by atoms with Gasteiger partial charge in [-0.3, -0.25) is 4.79 Å². The van der Waals surface area contributed by atoms with Crippen LogP contribution in [0.15, 0.2) is 22.7 Å². The van der Waals surface area contributed by atoms with Crippen LogP contribution in [0.1, 0.15) is 6.92 Å². The number of nitrogens with zero attached hydrogens (tertiary/aromatic N) is 3. The number of aromatic nitrogens is 3. The van der Waals surface area contributed by atoms with E-state index in [4.69, 9.17) is 5.11 Å². The largest absolute Gasteiger partial charge is 0.481 e. The zero-order valence-corrected chi connectivity index (χ0v) is 10.8. The van der Waals surface area contributed by atoms with Crippen LogP contribution >= 0.6 is 23.1 Å². The maximum absolute atomic E-state index is 10.5. The van der Waals surface area contributed by atoms with Gasteiger partial charge >= 0.3 is 5.97 Å². The summed E-state index contributed by atoms with van der Waals surface area (Å²) in [7, 11) is 0. The molecule has 0 unspecified atom stereocenters. The summed E-state index contributed by atoms with van der Waals surface area (Å²) >= 11 is 2.79. The number of rotatable bonds is 5. The Morgan fingerprint density at radius 3 is 3.00 bits per heavy atom. The van der Waals surface area contributed by atoms with Crippen molar-refractivity contribution in [2.45, 2.75) is 18.6 Å². The summed E-state index contributed by atoms with van der Waals surface area (Å²) in [5.74, 6) is -0.0449. The Balaban J connectivity index is 2.27. The van der Waals surface area contributed by atoms with Crippen LogP contribution in [-0.2, 0) is 11.3 Å². The van der Waals surface area contributed by atoms with E-state index in [0.717, 1.165) is 17.2 Å². The molecule has 1 N–H and O–H groups in total. The second-order valence-corrected chi connectivity index (χ2v) is 5.10. The molecule has 17 heavy (non-hydrogen) atoms. The van der Waals surface area contributed by atoms with E-state index in [0.29, 0.717) is 5.16 Å².